The van der Waals surface area contributed by atoms with E-state index >= 15 is 0 Å². The smallest absolute Gasteiger partial charge is 0.227 e. The molecule has 3 aromatic rings. The van der Waals surface area contributed by atoms with Crippen LogP contribution in [0.3, 0.4) is 0 Å². The number of nitrogens with zero attached hydrogens (tertiary/aromatic N) is 2. The second-order valence-electron chi connectivity index (χ2n) is 5.98. The third-order valence-electron chi connectivity index (χ3n) is 3.89. The van der Waals surface area contributed by atoms with Gasteiger partial charge in [0.25, 0.3) is 0 Å². The second-order valence-corrected chi connectivity index (χ2v) is 6.93. The average molecular weight is 355 g/mol. The van der Waals surface area contributed by atoms with Crippen LogP contribution in [0.4, 0.5) is 0 Å². The van der Waals surface area contributed by atoms with Crippen molar-refractivity contribution in [3.63, 3.8) is 0 Å². The Hall–Kier alpha value is -2.47. The third-order valence-corrected chi connectivity index (χ3v) is 4.76. The van der Waals surface area contributed by atoms with Gasteiger partial charge in [0.2, 0.25) is 17.6 Å². The van der Waals surface area contributed by atoms with E-state index in [2.05, 4.69) is 27.6 Å². The fourth-order valence-corrected chi connectivity index (χ4v) is 3.18. The number of aromatic nitrogens is 2. The molecule has 1 atom stereocenters. The highest BCUT2D eigenvalue weighted by molar-refractivity contribution is 7.13. The maximum atomic E-state index is 12.1. The number of benzene rings is 1. The van der Waals surface area contributed by atoms with Gasteiger partial charge in [-0.05, 0) is 36.8 Å². The molecule has 5 nitrogen and oxygen atoms in total. The van der Waals surface area contributed by atoms with E-state index < -0.39 is 0 Å². The third kappa shape index (κ3) is 5.26. The normalized spacial score (nSPS) is 12.0. The minimum Gasteiger partial charge on any atom is -0.354 e. The summed E-state index contributed by atoms with van der Waals surface area (Å²) < 4.78 is 5.21. The van der Waals surface area contributed by atoms with Crippen molar-refractivity contribution in [3.05, 3.63) is 59.3 Å². The Kier molecular flexibility index (Phi) is 5.95. The number of thiophene rings is 1. The van der Waals surface area contributed by atoms with Gasteiger partial charge in [-0.3, -0.25) is 4.79 Å². The summed E-state index contributed by atoms with van der Waals surface area (Å²) in [7, 11) is 0. The van der Waals surface area contributed by atoms with Crippen LogP contribution in [-0.4, -0.2) is 22.1 Å². The molecule has 2 heterocycles. The summed E-state index contributed by atoms with van der Waals surface area (Å²) in [5.41, 5.74) is 1.29. The van der Waals surface area contributed by atoms with Gasteiger partial charge in [0.1, 0.15) is 0 Å². The van der Waals surface area contributed by atoms with Crippen LogP contribution in [0.2, 0.25) is 0 Å². The topological polar surface area (TPSA) is 68.0 Å². The highest BCUT2D eigenvalue weighted by Crippen LogP contribution is 2.21. The molecule has 2 aromatic heterocycles. The second kappa shape index (κ2) is 8.58. The Morgan fingerprint density at radius 1 is 1.20 bits per heavy atom. The Morgan fingerprint density at radius 2 is 2.04 bits per heavy atom. The molecule has 0 bridgehead atoms. The molecule has 0 unspecified atom stereocenters. The van der Waals surface area contributed by atoms with E-state index in [1.807, 2.05) is 42.6 Å². The lowest BCUT2D eigenvalue weighted by Gasteiger charge is -2.13. The van der Waals surface area contributed by atoms with Crippen molar-refractivity contribution < 1.29 is 9.32 Å². The minimum atomic E-state index is 0.0106. The summed E-state index contributed by atoms with van der Waals surface area (Å²) in [5, 5.41) is 8.95. The standard InChI is InChI=1S/C19H21N3O2S/c1-14(9-10-15-6-3-2-4-7-15)20-17(23)11-12-18-21-19(22-24-18)16-8-5-13-25-16/h2-8,13-14H,9-12H2,1H3,(H,20,23)/t14-/m1/s1. The van der Waals surface area contributed by atoms with Crippen molar-refractivity contribution in [1.82, 2.24) is 15.5 Å². The molecule has 0 fully saturated rings. The summed E-state index contributed by atoms with van der Waals surface area (Å²) in [5.74, 6) is 1.09. The molecule has 0 saturated heterocycles. The molecule has 0 saturated carbocycles. The van der Waals surface area contributed by atoms with Crippen LogP contribution >= 0.6 is 11.3 Å². The number of amides is 1. The molecular formula is C19H21N3O2S. The van der Waals surface area contributed by atoms with Crippen molar-refractivity contribution in [2.75, 3.05) is 0 Å². The molecule has 0 radical (unpaired) electrons. The summed E-state index contributed by atoms with van der Waals surface area (Å²) in [6, 6.07) is 14.3. The van der Waals surface area contributed by atoms with Crippen molar-refractivity contribution >= 4 is 17.2 Å². The minimum absolute atomic E-state index is 0.0106. The van der Waals surface area contributed by atoms with Crippen molar-refractivity contribution in [1.29, 1.82) is 0 Å². The zero-order chi connectivity index (χ0) is 17.5. The van der Waals surface area contributed by atoms with E-state index in [0.717, 1.165) is 17.7 Å². The summed E-state index contributed by atoms with van der Waals surface area (Å²) in [6.07, 6.45) is 2.67. The van der Waals surface area contributed by atoms with Crippen LogP contribution in [0.5, 0.6) is 0 Å². The van der Waals surface area contributed by atoms with E-state index in [1.165, 1.54) is 5.56 Å². The molecule has 0 spiro atoms. The first kappa shape index (κ1) is 17.4. The van der Waals surface area contributed by atoms with E-state index in [1.54, 1.807) is 11.3 Å². The molecule has 130 valence electrons. The molecule has 1 N–H and O–H groups in total. The highest BCUT2D eigenvalue weighted by atomic mass is 32.1. The van der Waals surface area contributed by atoms with Crippen molar-refractivity contribution in [2.24, 2.45) is 0 Å². The van der Waals surface area contributed by atoms with E-state index in [-0.39, 0.29) is 11.9 Å². The van der Waals surface area contributed by atoms with Gasteiger partial charge in [0.05, 0.1) is 4.88 Å². The van der Waals surface area contributed by atoms with Gasteiger partial charge in [0, 0.05) is 18.9 Å². The molecule has 1 aromatic carbocycles. The van der Waals surface area contributed by atoms with Gasteiger partial charge in [-0.15, -0.1) is 11.3 Å². The molecular weight excluding hydrogens is 334 g/mol. The van der Waals surface area contributed by atoms with Crippen LogP contribution in [0, 0.1) is 0 Å². The average Bonchev–Trinajstić information content (AvgIpc) is 3.30. The van der Waals surface area contributed by atoms with Gasteiger partial charge in [-0.1, -0.05) is 41.6 Å². The molecule has 0 aliphatic rings. The number of carbonyl (C=O) groups is 1. The highest BCUT2D eigenvalue weighted by Gasteiger charge is 2.12. The monoisotopic (exact) mass is 355 g/mol. The lowest BCUT2D eigenvalue weighted by Crippen LogP contribution is -2.33. The number of hydrogen-bond acceptors (Lipinski definition) is 5. The van der Waals surface area contributed by atoms with E-state index in [0.29, 0.717) is 24.6 Å². The first-order valence-corrected chi connectivity index (χ1v) is 9.28. The van der Waals surface area contributed by atoms with Crippen molar-refractivity contribution in [2.45, 2.75) is 38.6 Å². The molecule has 3 rings (SSSR count). The van der Waals surface area contributed by atoms with Gasteiger partial charge in [-0.25, -0.2) is 0 Å². The first-order valence-electron chi connectivity index (χ1n) is 8.40. The maximum Gasteiger partial charge on any atom is 0.227 e. The Balaban J connectivity index is 1.40. The van der Waals surface area contributed by atoms with Crippen molar-refractivity contribution in [3.8, 4) is 10.7 Å². The van der Waals surface area contributed by atoms with Crippen LogP contribution in [0.1, 0.15) is 31.2 Å². The number of hydrogen-bond donors (Lipinski definition) is 1. The molecule has 0 aliphatic carbocycles. The van der Waals surface area contributed by atoms with Crippen LogP contribution in [-0.2, 0) is 17.6 Å². The largest absolute Gasteiger partial charge is 0.354 e. The zero-order valence-electron chi connectivity index (χ0n) is 14.1. The van der Waals surface area contributed by atoms with Gasteiger partial charge < -0.3 is 9.84 Å². The Morgan fingerprint density at radius 3 is 2.80 bits per heavy atom. The van der Waals surface area contributed by atoms with E-state index in [9.17, 15) is 4.79 Å². The summed E-state index contributed by atoms with van der Waals surface area (Å²) in [4.78, 5) is 17.4. The lowest BCUT2D eigenvalue weighted by atomic mass is 10.1. The van der Waals surface area contributed by atoms with Crippen LogP contribution in [0.15, 0.2) is 52.4 Å². The summed E-state index contributed by atoms with van der Waals surface area (Å²) >= 11 is 1.56. The SMILES string of the molecule is C[C@H](CCc1ccccc1)NC(=O)CCc1nc(-c2cccs2)no1. The van der Waals surface area contributed by atoms with Crippen LogP contribution in [0.25, 0.3) is 10.7 Å². The first-order chi connectivity index (χ1) is 12.2. The molecule has 6 heteroatoms. The Bertz CT molecular complexity index is 784. The number of carbonyl (C=O) groups excluding carboxylic acids is 1. The maximum absolute atomic E-state index is 12.1. The molecule has 0 aliphatic heterocycles. The van der Waals surface area contributed by atoms with E-state index in [4.69, 9.17) is 4.52 Å². The fourth-order valence-electron chi connectivity index (χ4n) is 2.53. The molecule has 1 amide bonds. The fraction of sp³-hybridized carbons (Fsp3) is 0.316. The molecule has 25 heavy (non-hydrogen) atoms. The summed E-state index contributed by atoms with van der Waals surface area (Å²) in [6.45, 7) is 2.03. The predicted molar refractivity (Wildman–Crippen MR) is 98.3 cm³/mol. The number of nitrogens with one attached hydrogen (secondary N) is 1. The number of rotatable bonds is 8. The lowest BCUT2D eigenvalue weighted by molar-refractivity contribution is -0.121. The zero-order valence-corrected chi connectivity index (χ0v) is 15.0. The van der Waals surface area contributed by atoms with Gasteiger partial charge in [0.15, 0.2) is 0 Å². The van der Waals surface area contributed by atoms with Crippen LogP contribution < -0.4 is 5.32 Å². The predicted octanol–water partition coefficient (Wildman–Crippen LogP) is 3.87. The Labute approximate surface area is 151 Å². The quantitative estimate of drug-likeness (QED) is 0.666. The van der Waals surface area contributed by atoms with Gasteiger partial charge in [-0.2, -0.15) is 4.98 Å². The van der Waals surface area contributed by atoms with Gasteiger partial charge >= 0.3 is 0 Å². The number of aryl methyl sites for hydroxylation is 2.